The SMILES string of the molecule is Sc1cc2ccc(Br)c(I)c2s1. The van der Waals surface area contributed by atoms with Crippen LogP contribution >= 0.6 is 62.5 Å². The Morgan fingerprint density at radius 1 is 1.42 bits per heavy atom. The first-order valence-corrected chi connectivity index (χ1v) is 6.38. The largest absolute Gasteiger partial charge is 0.133 e. The highest BCUT2D eigenvalue weighted by molar-refractivity contribution is 14.1. The molecular formula is C8H4BrIS2. The van der Waals surface area contributed by atoms with Gasteiger partial charge in [0.1, 0.15) is 0 Å². The van der Waals surface area contributed by atoms with Crippen LogP contribution in [0.3, 0.4) is 0 Å². The number of hydrogen-bond acceptors (Lipinski definition) is 2. The maximum absolute atomic E-state index is 4.32. The number of benzene rings is 1. The maximum Gasteiger partial charge on any atom is 0.0581 e. The van der Waals surface area contributed by atoms with Crippen LogP contribution in [0.5, 0.6) is 0 Å². The van der Waals surface area contributed by atoms with Gasteiger partial charge in [-0.1, -0.05) is 6.07 Å². The fraction of sp³-hybridized carbons (Fsp3) is 0. The molecule has 2 aromatic rings. The normalized spacial score (nSPS) is 10.9. The topological polar surface area (TPSA) is 0 Å². The predicted octanol–water partition coefficient (Wildman–Crippen LogP) is 4.56. The number of halogens is 2. The highest BCUT2D eigenvalue weighted by Gasteiger charge is 2.05. The van der Waals surface area contributed by atoms with E-state index in [1.54, 1.807) is 11.3 Å². The van der Waals surface area contributed by atoms with E-state index in [1.807, 2.05) is 0 Å². The van der Waals surface area contributed by atoms with E-state index in [9.17, 15) is 0 Å². The first kappa shape index (κ1) is 9.30. The minimum atomic E-state index is 1.07. The lowest BCUT2D eigenvalue weighted by Gasteiger charge is -1.95. The first-order chi connectivity index (χ1) is 5.68. The summed E-state index contributed by atoms with van der Waals surface area (Å²) in [6.07, 6.45) is 0. The predicted molar refractivity (Wildman–Crippen MR) is 69.5 cm³/mol. The lowest BCUT2D eigenvalue weighted by molar-refractivity contribution is 1.69. The Bertz CT molecular complexity index is 436. The molecule has 0 radical (unpaired) electrons. The molecule has 12 heavy (non-hydrogen) atoms. The number of thiol groups is 1. The molecule has 0 saturated carbocycles. The zero-order chi connectivity index (χ0) is 8.72. The van der Waals surface area contributed by atoms with Crippen molar-refractivity contribution in [3.8, 4) is 0 Å². The third kappa shape index (κ3) is 1.54. The molecule has 0 fully saturated rings. The fourth-order valence-corrected chi connectivity index (χ4v) is 3.57. The zero-order valence-corrected chi connectivity index (χ0v) is 11.3. The van der Waals surface area contributed by atoms with Crippen molar-refractivity contribution in [3.63, 3.8) is 0 Å². The van der Waals surface area contributed by atoms with Gasteiger partial charge in [0.15, 0.2) is 0 Å². The Balaban J connectivity index is 2.89. The number of hydrogen-bond donors (Lipinski definition) is 1. The molecule has 0 saturated heterocycles. The molecule has 0 aliphatic rings. The quantitative estimate of drug-likeness (QED) is 0.510. The first-order valence-electron chi connectivity index (χ1n) is 3.25. The van der Waals surface area contributed by atoms with Gasteiger partial charge in [-0.05, 0) is 56.0 Å². The van der Waals surface area contributed by atoms with Crippen LogP contribution in [0.2, 0.25) is 0 Å². The Hall–Kier alpha value is 0.740. The number of thiophene rings is 1. The minimum Gasteiger partial charge on any atom is -0.133 e. The summed E-state index contributed by atoms with van der Waals surface area (Å²) in [5, 5.41) is 1.28. The molecule has 62 valence electrons. The minimum absolute atomic E-state index is 1.07. The molecule has 1 aromatic carbocycles. The molecular weight excluding hydrogens is 367 g/mol. The van der Waals surface area contributed by atoms with E-state index in [0.717, 1.165) is 8.68 Å². The Labute approximate surface area is 102 Å². The van der Waals surface area contributed by atoms with E-state index in [1.165, 1.54) is 13.7 Å². The second-order valence-electron chi connectivity index (χ2n) is 2.36. The van der Waals surface area contributed by atoms with Crippen molar-refractivity contribution < 1.29 is 0 Å². The van der Waals surface area contributed by atoms with Crippen LogP contribution in [-0.2, 0) is 0 Å². The summed E-state index contributed by atoms with van der Waals surface area (Å²) in [6, 6.07) is 6.28. The van der Waals surface area contributed by atoms with Crippen molar-refractivity contribution >= 4 is 72.6 Å². The van der Waals surface area contributed by atoms with E-state index in [0.29, 0.717) is 0 Å². The molecule has 0 nitrogen and oxygen atoms in total. The van der Waals surface area contributed by atoms with Crippen LogP contribution in [0.15, 0.2) is 26.9 Å². The molecule has 0 atom stereocenters. The lowest BCUT2D eigenvalue weighted by Crippen LogP contribution is -1.72. The van der Waals surface area contributed by atoms with Gasteiger partial charge in [-0.3, -0.25) is 0 Å². The molecule has 0 aliphatic carbocycles. The van der Waals surface area contributed by atoms with Crippen molar-refractivity contribution in [2.75, 3.05) is 0 Å². The lowest BCUT2D eigenvalue weighted by atomic mass is 10.3. The van der Waals surface area contributed by atoms with Crippen LogP contribution in [0, 0.1) is 3.57 Å². The van der Waals surface area contributed by atoms with Crippen LogP contribution in [0.1, 0.15) is 0 Å². The molecule has 4 heteroatoms. The molecule has 2 rings (SSSR count). The Morgan fingerprint density at radius 3 is 2.92 bits per heavy atom. The van der Waals surface area contributed by atoms with Crippen molar-refractivity contribution in [1.82, 2.24) is 0 Å². The molecule has 1 heterocycles. The fourth-order valence-electron chi connectivity index (χ4n) is 1.03. The summed E-state index contributed by atoms with van der Waals surface area (Å²) in [7, 11) is 0. The Kier molecular flexibility index (Phi) is 2.69. The van der Waals surface area contributed by atoms with Gasteiger partial charge in [0, 0.05) is 12.7 Å². The molecule has 0 N–H and O–H groups in total. The van der Waals surface area contributed by atoms with E-state index >= 15 is 0 Å². The van der Waals surface area contributed by atoms with Gasteiger partial charge in [0.2, 0.25) is 0 Å². The molecule has 0 spiro atoms. The summed E-state index contributed by atoms with van der Waals surface area (Å²) < 4.78 is 4.82. The van der Waals surface area contributed by atoms with E-state index in [4.69, 9.17) is 0 Å². The van der Waals surface area contributed by atoms with Crippen LogP contribution in [-0.4, -0.2) is 0 Å². The number of fused-ring (bicyclic) bond motifs is 1. The summed E-state index contributed by atoms with van der Waals surface area (Å²) in [4.78, 5) is 0. The highest BCUT2D eigenvalue weighted by Crippen LogP contribution is 2.35. The summed E-state index contributed by atoms with van der Waals surface area (Å²) >= 11 is 11.9. The smallest absolute Gasteiger partial charge is 0.0581 e. The van der Waals surface area contributed by atoms with Crippen LogP contribution in [0.4, 0.5) is 0 Å². The summed E-state index contributed by atoms with van der Waals surface area (Å²) in [5.41, 5.74) is 0. The third-order valence-electron chi connectivity index (χ3n) is 1.57. The Morgan fingerprint density at radius 2 is 2.17 bits per heavy atom. The van der Waals surface area contributed by atoms with Crippen molar-refractivity contribution in [1.29, 1.82) is 0 Å². The van der Waals surface area contributed by atoms with Crippen molar-refractivity contribution in [2.45, 2.75) is 4.21 Å². The van der Waals surface area contributed by atoms with E-state index in [2.05, 4.69) is 69.3 Å². The molecule has 0 amide bonds. The van der Waals surface area contributed by atoms with Gasteiger partial charge in [0.25, 0.3) is 0 Å². The molecule has 0 unspecified atom stereocenters. The summed E-state index contributed by atoms with van der Waals surface area (Å²) in [5.74, 6) is 0. The zero-order valence-electron chi connectivity index (χ0n) is 5.84. The monoisotopic (exact) mass is 370 g/mol. The molecule has 0 bridgehead atoms. The van der Waals surface area contributed by atoms with Gasteiger partial charge in [-0.2, -0.15) is 0 Å². The van der Waals surface area contributed by atoms with Crippen LogP contribution < -0.4 is 0 Å². The van der Waals surface area contributed by atoms with E-state index < -0.39 is 0 Å². The second kappa shape index (κ2) is 3.48. The average Bonchev–Trinajstić information content (AvgIpc) is 2.39. The van der Waals surface area contributed by atoms with Crippen molar-refractivity contribution in [3.05, 3.63) is 26.2 Å². The van der Waals surface area contributed by atoms with Crippen molar-refractivity contribution in [2.24, 2.45) is 0 Å². The van der Waals surface area contributed by atoms with Gasteiger partial charge in [-0.25, -0.2) is 0 Å². The maximum atomic E-state index is 4.32. The standard InChI is InChI=1S/C8H4BrIS2/c9-5-2-1-4-3-6(11)12-8(4)7(5)10/h1-3,11H. The second-order valence-corrected chi connectivity index (χ2v) is 6.13. The molecule has 1 aromatic heterocycles. The highest BCUT2D eigenvalue weighted by atomic mass is 127. The van der Waals surface area contributed by atoms with E-state index in [-0.39, 0.29) is 0 Å². The van der Waals surface area contributed by atoms with Gasteiger partial charge in [0.05, 0.1) is 4.21 Å². The molecule has 0 aliphatic heterocycles. The number of rotatable bonds is 0. The third-order valence-corrected chi connectivity index (χ3v) is 5.83. The van der Waals surface area contributed by atoms with Crippen LogP contribution in [0.25, 0.3) is 10.1 Å². The summed E-state index contributed by atoms with van der Waals surface area (Å²) in [6.45, 7) is 0. The van der Waals surface area contributed by atoms with Gasteiger partial charge in [-0.15, -0.1) is 24.0 Å². The van der Waals surface area contributed by atoms with Gasteiger partial charge >= 0.3 is 0 Å². The average molecular weight is 371 g/mol. The van der Waals surface area contributed by atoms with Gasteiger partial charge < -0.3 is 0 Å².